The third kappa shape index (κ3) is 3.10. The monoisotopic (exact) mass is 249 g/mol. The molecule has 100 valence electrons. The molecule has 1 fully saturated rings. The van der Waals surface area contributed by atoms with Crippen molar-refractivity contribution in [2.75, 3.05) is 30.3 Å². The first-order valence-electron chi connectivity index (χ1n) is 6.84. The standard InChI is InChI=1S/C13H23N5/c1-3-5-10-8-12(17-13(14)16-10)18-7-6-11(9-18)15-4-2/h8,11,15H,3-7,9H2,1-2H3,(H2,14,16,17). The van der Waals surface area contributed by atoms with Gasteiger partial charge in [-0.25, -0.2) is 4.98 Å². The predicted molar refractivity (Wildman–Crippen MR) is 74.7 cm³/mol. The van der Waals surface area contributed by atoms with E-state index in [-0.39, 0.29) is 0 Å². The summed E-state index contributed by atoms with van der Waals surface area (Å²) in [4.78, 5) is 10.9. The van der Waals surface area contributed by atoms with Crippen molar-refractivity contribution in [2.45, 2.75) is 39.2 Å². The second-order valence-corrected chi connectivity index (χ2v) is 4.81. The quantitative estimate of drug-likeness (QED) is 0.821. The van der Waals surface area contributed by atoms with Crippen LogP contribution in [0.1, 0.15) is 32.4 Å². The molecule has 1 aliphatic heterocycles. The number of nitrogens with two attached hydrogens (primary N) is 1. The van der Waals surface area contributed by atoms with E-state index in [1.807, 2.05) is 0 Å². The Morgan fingerprint density at radius 2 is 2.28 bits per heavy atom. The van der Waals surface area contributed by atoms with Gasteiger partial charge in [0.2, 0.25) is 5.95 Å². The molecule has 1 aromatic heterocycles. The molecular weight excluding hydrogens is 226 g/mol. The van der Waals surface area contributed by atoms with Gasteiger partial charge in [-0.3, -0.25) is 0 Å². The lowest BCUT2D eigenvalue weighted by molar-refractivity contribution is 0.571. The molecule has 5 nitrogen and oxygen atoms in total. The summed E-state index contributed by atoms with van der Waals surface area (Å²) in [6.07, 6.45) is 3.21. The molecular formula is C13H23N5. The zero-order valence-corrected chi connectivity index (χ0v) is 11.3. The zero-order chi connectivity index (χ0) is 13.0. The number of anilines is 2. The van der Waals surface area contributed by atoms with Crippen LogP contribution in [-0.4, -0.2) is 35.6 Å². The van der Waals surface area contributed by atoms with Crippen molar-refractivity contribution in [3.05, 3.63) is 11.8 Å². The zero-order valence-electron chi connectivity index (χ0n) is 11.3. The van der Waals surface area contributed by atoms with Crippen LogP contribution in [-0.2, 0) is 6.42 Å². The second kappa shape index (κ2) is 6.00. The summed E-state index contributed by atoms with van der Waals surface area (Å²) in [5, 5.41) is 3.48. The van der Waals surface area contributed by atoms with E-state index in [1.54, 1.807) is 0 Å². The summed E-state index contributed by atoms with van der Waals surface area (Å²) in [5.74, 6) is 1.37. The van der Waals surface area contributed by atoms with Gasteiger partial charge >= 0.3 is 0 Å². The predicted octanol–water partition coefficient (Wildman–Crippen LogP) is 1.20. The molecule has 5 heteroatoms. The Balaban J connectivity index is 2.08. The van der Waals surface area contributed by atoms with Crippen LogP contribution in [0.15, 0.2) is 6.07 Å². The molecule has 1 saturated heterocycles. The molecule has 2 rings (SSSR count). The van der Waals surface area contributed by atoms with Crippen LogP contribution in [0, 0.1) is 0 Å². The Morgan fingerprint density at radius 3 is 3.00 bits per heavy atom. The number of aromatic nitrogens is 2. The SMILES string of the molecule is CCCc1cc(N2CCC(NCC)C2)nc(N)n1. The lowest BCUT2D eigenvalue weighted by Crippen LogP contribution is -2.32. The third-order valence-electron chi connectivity index (χ3n) is 3.29. The molecule has 1 atom stereocenters. The Hall–Kier alpha value is -1.36. The summed E-state index contributed by atoms with van der Waals surface area (Å²) in [6.45, 7) is 7.36. The van der Waals surface area contributed by atoms with Crippen molar-refractivity contribution >= 4 is 11.8 Å². The smallest absolute Gasteiger partial charge is 0.222 e. The summed E-state index contributed by atoms with van der Waals surface area (Å²) < 4.78 is 0. The van der Waals surface area contributed by atoms with Crippen molar-refractivity contribution < 1.29 is 0 Å². The normalized spacial score (nSPS) is 19.4. The van der Waals surface area contributed by atoms with Crippen LogP contribution in [0.5, 0.6) is 0 Å². The average molecular weight is 249 g/mol. The molecule has 0 aromatic carbocycles. The van der Waals surface area contributed by atoms with Crippen molar-refractivity contribution in [3.63, 3.8) is 0 Å². The molecule has 0 amide bonds. The van der Waals surface area contributed by atoms with Crippen LogP contribution >= 0.6 is 0 Å². The Morgan fingerprint density at radius 1 is 1.44 bits per heavy atom. The first-order valence-corrected chi connectivity index (χ1v) is 6.84. The lowest BCUT2D eigenvalue weighted by atomic mass is 10.2. The highest BCUT2D eigenvalue weighted by molar-refractivity contribution is 5.44. The fourth-order valence-corrected chi connectivity index (χ4v) is 2.47. The number of likely N-dealkylation sites (N-methyl/N-ethyl adjacent to an activating group) is 1. The van der Waals surface area contributed by atoms with E-state index >= 15 is 0 Å². The van der Waals surface area contributed by atoms with Gasteiger partial charge in [-0.1, -0.05) is 20.3 Å². The second-order valence-electron chi connectivity index (χ2n) is 4.81. The number of nitrogens with one attached hydrogen (secondary N) is 1. The van der Waals surface area contributed by atoms with Crippen LogP contribution in [0.4, 0.5) is 11.8 Å². The first kappa shape index (κ1) is 13.1. The van der Waals surface area contributed by atoms with Gasteiger partial charge in [0, 0.05) is 30.9 Å². The molecule has 0 saturated carbocycles. The minimum atomic E-state index is 0.392. The fraction of sp³-hybridized carbons (Fsp3) is 0.692. The van der Waals surface area contributed by atoms with Gasteiger partial charge in [0.15, 0.2) is 0 Å². The number of hydrogen-bond donors (Lipinski definition) is 2. The van der Waals surface area contributed by atoms with E-state index in [9.17, 15) is 0 Å². The average Bonchev–Trinajstić information content (AvgIpc) is 2.78. The minimum Gasteiger partial charge on any atom is -0.368 e. The van der Waals surface area contributed by atoms with E-state index in [2.05, 4.69) is 40.1 Å². The number of aryl methyl sites for hydroxylation is 1. The molecule has 3 N–H and O–H groups in total. The van der Waals surface area contributed by atoms with Crippen molar-refractivity contribution in [2.24, 2.45) is 0 Å². The molecule has 0 spiro atoms. The van der Waals surface area contributed by atoms with Gasteiger partial charge in [-0.2, -0.15) is 4.98 Å². The molecule has 0 radical (unpaired) electrons. The van der Waals surface area contributed by atoms with Gasteiger partial charge in [0.1, 0.15) is 5.82 Å². The van der Waals surface area contributed by atoms with Crippen LogP contribution in [0.3, 0.4) is 0 Å². The molecule has 1 unspecified atom stereocenters. The van der Waals surface area contributed by atoms with Gasteiger partial charge in [-0.15, -0.1) is 0 Å². The van der Waals surface area contributed by atoms with Crippen LogP contribution in [0.2, 0.25) is 0 Å². The maximum Gasteiger partial charge on any atom is 0.222 e. The number of nitrogens with zero attached hydrogens (tertiary/aromatic N) is 3. The maximum absolute atomic E-state index is 5.79. The van der Waals surface area contributed by atoms with E-state index < -0.39 is 0 Å². The molecule has 1 aromatic rings. The fourth-order valence-electron chi connectivity index (χ4n) is 2.47. The summed E-state index contributed by atoms with van der Waals surface area (Å²) >= 11 is 0. The van der Waals surface area contributed by atoms with Gasteiger partial charge < -0.3 is 16.0 Å². The van der Waals surface area contributed by atoms with Crippen molar-refractivity contribution in [3.8, 4) is 0 Å². The number of nitrogen functional groups attached to an aromatic ring is 1. The van der Waals surface area contributed by atoms with Crippen molar-refractivity contribution in [1.82, 2.24) is 15.3 Å². The number of hydrogen-bond acceptors (Lipinski definition) is 5. The van der Waals surface area contributed by atoms with E-state index in [4.69, 9.17) is 5.73 Å². The van der Waals surface area contributed by atoms with Crippen LogP contribution in [0.25, 0.3) is 0 Å². The largest absolute Gasteiger partial charge is 0.368 e. The number of rotatable bonds is 5. The molecule has 2 heterocycles. The Bertz CT molecular complexity index is 393. The molecule has 18 heavy (non-hydrogen) atoms. The van der Waals surface area contributed by atoms with Gasteiger partial charge in [0.25, 0.3) is 0 Å². The summed E-state index contributed by atoms with van der Waals surface area (Å²) in [6, 6.07) is 2.65. The molecule has 0 bridgehead atoms. The Labute approximate surface area is 109 Å². The maximum atomic E-state index is 5.79. The molecule has 1 aliphatic rings. The third-order valence-corrected chi connectivity index (χ3v) is 3.29. The van der Waals surface area contributed by atoms with Gasteiger partial charge in [-0.05, 0) is 19.4 Å². The Kier molecular flexibility index (Phi) is 4.36. The van der Waals surface area contributed by atoms with Crippen LogP contribution < -0.4 is 16.0 Å². The summed E-state index contributed by atoms with van der Waals surface area (Å²) in [5.41, 5.74) is 6.83. The highest BCUT2D eigenvalue weighted by Crippen LogP contribution is 2.20. The highest BCUT2D eigenvalue weighted by Gasteiger charge is 2.23. The van der Waals surface area contributed by atoms with E-state index in [1.165, 1.54) is 6.42 Å². The lowest BCUT2D eigenvalue weighted by Gasteiger charge is -2.18. The van der Waals surface area contributed by atoms with E-state index in [0.29, 0.717) is 12.0 Å². The van der Waals surface area contributed by atoms with E-state index in [0.717, 1.165) is 44.0 Å². The van der Waals surface area contributed by atoms with Crippen molar-refractivity contribution in [1.29, 1.82) is 0 Å². The molecule has 0 aliphatic carbocycles. The van der Waals surface area contributed by atoms with Gasteiger partial charge in [0.05, 0.1) is 0 Å². The minimum absolute atomic E-state index is 0.392. The summed E-state index contributed by atoms with van der Waals surface area (Å²) in [7, 11) is 0. The topological polar surface area (TPSA) is 67.1 Å². The highest BCUT2D eigenvalue weighted by atomic mass is 15.2. The first-order chi connectivity index (χ1) is 8.72.